The van der Waals surface area contributed by atoms with Gasteiger partial charge in [-0.2, -0.15) is 12.6 Å². The summed E-state index contributed by atoms with van der Waals surface area (Å²) in [4.78, 5) is 58.5. The smallest absolute Gasteiger partial charge is 0.326 e. The molecule has 0 bridgehead atoms. The molecule has 1 aromatic rings. The molecule has 30 heavy (non-hydrogen) atoms. The maximum absolute atomic E-state index is 12.4. The van der Waals surface area contributed by atoms with Gasteiger partial charge in [-0.15, -0.1) is 0 Å². The molecule has 3 atom stereocenters. The summed E-state index contributed by atoms with van der Waals surface area (Å²) in [5.41, 5.74) is 6.09. The van der Waals surface area contributed by atoms with Crippen LogP contribution in [0.15, 0.2) is 30.3 Å². The molecule has 0 aliphatic carbocycles. The topological polar surface area (TPSA) is 188 Å². The molecule has 11 nitrogen and oxygen atoms in total. The summed E-state index contributed by atoms with van der Waals surface area (Å²) in [7, 11) is 0. The van der Waals surface area contributed by atoms with Crippen LogP contribution in [0.5, 0.6) is 0 Å². The van der Waals surface area contributed by atoms with Crippen molar-refractivity contribution in [2.45, 2.75) is 31.0 Å². The number of hydrogen-bond acceptors (Lipinski definition) is 7. The first-order valence-corrected chi connectivity index (χ1v) is 9.49. The van der Waals surface area contributed by atoms with Crippen LogP contribution in [-0.4, -0.2) is 70.3 Å². The Balaban J connectivity index is 2.76. The lowest BCUT2D eigenvalue weighted by atomic mass is 10.1. The summed E-state index contributed by atoms with van der Waals surface area (Å²) in [5, 5.41) is 25.0. The van der Waals surface area contributed by atoms with E-state index in [-0.39, 0.29) is 12.2 Å². The van der Waals surface area contributed by atoms with E-state index in [4.69, 9.17) is 10.8 Å². The molecule has 0 heterocycles. The molecule has 164 valence electrons. The van der Waals surface area contributed by atoms with Gasteiger partial charge >= 0.3 is 11.9 Å². The maximum Gasteiger partial charge on any atom is 0.326 e. The highest BCUT2D eigenvalue weighted by atomic mass is 32.1. The number of nitrogens with two attached hydrogens (primary N) is 1. The van der Waals surface area contributed by atoms with Gasteiger partial charge in [0.25, 0.3) is 0 Å². The lowest BCUT2D eigenvalue weighted by Gasteiger charge is -2.21. The van der Waals surface area contributed by atoms with Gasteiger partial charge in [0.2, 0.25) is 17.7 Å². The van der Waals surface area contributed by atoms with Crippen LogP contribution < -0.4 is 21.7 Å². The van der Waals surface area contributed by atoms with Crippen molar-refractivity contribution in [3.63, 3.8) is 0 Å². The van der Waals surface area contributed by atoms with Crippen molar-refractivity contribution < 1.29 is 34.2 Å². The molecule has 0 aliphatic heterocycles. The molecular weight excluding hydrogens is 416 g/mol. The number of aliphatic carboxylic acids is 2. The van der Waals surface area contributed by atoms with Crippen molar-refractivity contribution in [3.8, 4) is 0 Å². The van der Waals surface area contributed by atoms with E-state index in [0.29, 0.717) is 5.56 Å². The Bertz CT molecular complexity index is 775. The Morgan fingerprint density at radius 1 is 0.967 bits per heavy atom. The molecule has 3 amide bonds. The minimum atomic E-state index is -1.54. The third-order valence-electron chi connectivity index (χ3n) is 3.88. The number of carbonyl (C=O) groups excluding carboxylic acids is 3. The average molecular weight is 440 g/mol. The fourth-order valence-electron chi connectivity index (χ4n) is 2.33. The molecular formula is C18H24N4O7S. The Hall–Kier alpha value is -3.12. The zero-order valence-corrected chi connectivity index (χ0v) is 16.8. The molecule has 0 aliphatic rings. The molecule has 3 unspecified atom stereocenters. The number of rotatable bonds is 12. The second-order valence-corrected chi connectivity index (χ2v) is 6.68. The molecule has 0 aromatic heterocycles. The average Bonchev–Trinajstić information content (AvgIpc) is 2.70. The van der Waals surface area contributed by atoms with E-state index in [1.807, 2.05) is 0 Å². The summed E-state index contributed by atoms with van der Waals surface area (Å²) >= 11 is 3.85. The second-order valence-electron chi connectivity index (χ2n) is 6.31. The highest BCUT2D eigenvalue weighted by molar-refractivity contribution is 7.80. The Morgan fingerprint density at radius 2 is 1.60 bits per heavy atom. The van der Waals surface area contributed by atoms with Gasteiger partial charge in [-0.05, 0) is 5.56 Å². The van der Waals surface area contributed by atoms with Gasteiger partial charge in [-0.25, -0.2) is 4.79 Å². The van der Waals surface area contributed by atoms with E-state index in [0.717, 1.165) is 0 Å². The van der Waals surface area contributed by atoms with Crippen molar-refractivity contribution in [1.29, 1.82) is 0 Å². The number of carboxylic acid groups (broad SMARTS) is 2. The van der Waals surface area contributed by atoms with Gasteiger partial charge in [0, 0.05) is 12.2 Å². The number of amides is 3. The summed E-state index contributed by atoms with van der Waals surface area (Å²) in [6.45, 7) is -0.546. The lowest BCUT2D eigenvalue weighted by molar-refractivity contribution is -0.143. The van der Waals surface area contributed by atoms with Crippen LogP contribution in [-0.2, 0) is 30.4 Å². The van der Waals surface area contributed by atoms with Gasteiger partial charge in [0.15, 0.2) is 0 Å². The number of hydrogen-bond donors (Lipinski definition) is 7. The van der Waals surface area contributed by atoms with Crippen LogP contribution in [0.3, 0.4) is 0 Å². The van der Waals surface area contributed by atoms with Gasteiger partial charge in [-0.3, -0.25) is 19.2 Å². The van der Waals surface area contributed by atoms with E-state index in [9.17, 15) is 29.1 Å². The fraction of sp³-hybridized carbons (Fsp3) is 0.389. The van der Waals surface area contributed by atoms with E-state index in [1.54, 1.807) is 30.3 Å². The quantitative estimate of drug-likeness (QED) is 0.184. The molecule has 12 heteroatoms. The first-order valence-electron chi connectivity index (χ1n) is 8.86. The Kier molecular flexibility index (Phi) is 10.3. The molecule has 1 rings (SSSR count). The fourth-order valence-corrected chi connectivity index (χ4v) is 2.50. The van der Waals surface area contributed by atoms with E-state index in [1.165, 1.54) is 0 Å². The maximum atomic E-state index is 12.4. The molecule has 1 aromatic carbocycles. The normalized spacial score (nSPS) is 13.4. The van der Waals surface area contributed by atoms with Crippen LogP contribution in [0.25, 0.3) is 0 Å². The molecule has 0 saturated heterocycles. The van der Waals surface area contributed by atoms with Crippen molar-refractivity contribution in [2.24, 2.45) is 5.73 Å². The lowest BCUT2D eigenvalue weighted by Crippen LogP contribution is -2.54. The van der Waals surface area contributed by atoms with Crippen molar-refractivity contribution in [1.82, 2.24) is 16.0 Å². The summed E-state index contributed by atoms with van der Waals surface area (Å²) < 4.78 is 0. The number of nitrogens with one attached hydrogen (secondary N) is 3. The highest BCUT2D eigenvalue weighted by Gasteiger charge is 2.28. The first kappa shape index (κ1) is 24.9. The number of benzene rings is 1. The van der Waals surface area contributed by atoms with Crippen molar-refractivity contribution in [3.05, 3.63) is 35.9 Å². The third kappa shape index (κ3) is 8.92. The molecule has 0 saturated carbocycles. The largest absolute Gasteiger partial charge is 0.481 e. The van der Waals surface area contributed by atoms with E-state index < -0.39 is 60.8 Å². The van der Waals surface area contributed by atoms with Gasteiger partial charge in [0.1, 0.15) is 12.1 Å². The van der Waals surface area contributed by atoms with Gasteiger partial charge in [0.05, 0.1) is 19.0 Å². The molecule has 0 fully saturated rings. The van der Waals surface area contributed by atoms with Crippen molar-refractivity contribution in [2.75, 3.05) is 12.3 Å². The van der Waals surface area contributed by atoms with Crippen LogP contribution in [0.1, 0.15) is 12.0 Å². The summed E-state index contributed by atoms with van der Waals surface area (Å²) in [6, 6.07) is 4.71. The van der Waals surface area contributed by atoms with Crippen LogP contribution in [0.2, 0.25) is 0 Å². The Labute approximate surface area is 177 Å². The minimum absolute atomic E-state index is 0.0344. The second kappa shape index (κ2) is 12.4. The van der Waals surface area contributed by atoms with E-state index >= 15 is 0 Å². The van der Waals surface area contributed by atoms with Crippen LogP contribution in [0.4, 0.5) is 0 Å². The third-order valence-corrected chi connectivity index (χ3v) is 4.28. The SMILES string of the molecule is NC(CS)C(=O)NCC(=O)NC(CC(=O)O)C(=O)NC(Cc1ccccc1)C(=O)O. The molecule has 0 radical (unpaired) electrons. The van der Waals surface area contributed by atoms with Crippen LogP contribution in [0, 0.1) is 0 Å². The number of thiol groups is 1. The number of carboxylic acids is 2. The van der Waals surface area contributed by atoms with Gasteiger partial charge < -0.3 is 31.9 Å². The van der Waals surface area contributed by atoms with Crippen molar-refractivity contribution >= 4 is 42.3 Å². The first-order chi connectivity index (χ1) is 14.1. The van der Waals surface area contributed by atoms with E-state index in [2.05, 4.69) is 28.6 Å². The standard InChI is InChI=1S/C18H24N4O7S/c19-11(9-30)16(26)20-8-14(23)21-12(7-15(24)25)17(27)22-13(18(28)29)6-10-4-2-1-3-5-10/h1-5,11-13,30H,6-9,19H2,(H,20,26)(H,21,23)(H,22,27)(H,24,25)(H,28,29). The zero-order valence-electron chi connectivity index (χ0n) is 15.9. The monoisotopic (exact) mass is 440 g/mol. The Morgan fingerprint density at radius 3 is 2.13 bits per heavy atom. The van der Waals surface area contributed by atoms with Crippen LogP contribution >= 0.6 is 12.6 Å². The highest BCUT2D eigenvalue weighted by Crippen LogP contribution is 2.05. The summed E-state index contributed by atoms with van der Waals surface area (Å²) in [6.07, 6.45) is -0.813. The number of carbonyl (C=O) groups is 5. The predicted octanol–water partition coefficient (Wildman–Crippen LogP) is -1.87. The predicted molar refractivity (Wildman–Crippen MR) is 109 cm³/mol. The molecule has 0 spiro atoms. The zero-order chi connectivity index (χ0) is 22.7. The minimum Gasteiger partial charge on any atom is -0.481 e. The molecule has 7 N–H and O–H groups in total. The van der Waals surface area contributed by atoms with Gasteiger partial charge in [-0.1, -0.05) is 30.3 Å². The summed E-state index contributed by atoms with van der Waals surface area (Å²) in [5.74, 6) is -5.12.